The van der Waals surface area contributed by atoms with E-state index >= 15 is 0 Å². The van der Waals surface area contributed by atoms with Gasteiger partial charge in [-0.05, 0) is 25.8 Å². The van der Waals surface area contributed by atoms with Gasteiger partial charge in [-0.1, -0.05) is 27.2 Å². The number of hydrogen-bond acceptors (Lipinski definition) is 5. The Morgan fingerprint density at radius 2 is 2.05 bits per heavy atom. The van der Waals surface area contributed by atoms with E-state index in [1.165, 1.54) is 10.6 Å². The molecule has 4 nitrogen and oxygen atoms in total. The van der Waals surface area contributed by atoms with E-state index in [9.17, 15) is 0 Å². The van der Waals surface area contributed by atoms with E-state index in [1.807, 2.05) is 11.3 Å². The molecule has 21 heavy (non-hydrogen) atoms. The zero-order chi connectivity index (χ0) is 15.8. The first kappa shape index (κ1) is 18.4. The summed E-state index contributed by atoms with van der Waals surface area (Å²) in [5.41, 5.74) is 1.25. The van der Waals surface area contributed by atoms with E-state index in [-0.39, 0.29) is 0 Å². The largest absolute Gasteiger partial charge is 0.383 e. The van der Waals surface area contributed by atoms with Crippen LogP contribution in [-0.2, 0) is 17.7 Å². The highest BCUT2D eigenvalue weighted by molar-refractivity contribution is 7.15. The van der Waals surface area contributed by atoms with Crippen molar-refractivity contribution in [3.05, 3.63) is 10.6 Å². The fourth-order valence-electron chi connectivity index (χ4n) is 2.11. The normalized spacial score (nSPS) is 12.9. The van der Waals surface area contributed by atoms with E-state index in [2.05, 4.69) is 45.0 Å². The third-order valence-corrected chi connectivity index (χ3v) is 4.65. The number of rotatable bonds is 10. The van der Waals surface area contributed by atoms with E-state index in [0.717, 1.165) is 37.7 Å². The second-order valence-electron chi connectivity index (χ2n) is 6.06. The van der Waals surface area contributed by atoms with Crippen LogP contribution in [0.25, 0.3) is 0 Å². The monoisotopic (exact) mass is 313 g/mol. The average molecular weight is 314 g/mol. The Labute approximate surface area is 133 Å². The smallest absolute Gasteiger partial charge is 0.185 e. The minimum atomic E-state index is 0.340. The molecule has 1 heterocycles. The maximum Gasteiger partial charge on any atom is 0.185 e. The number of ether oxygens (including phenoxy) is 1. The maximum atomic E-state index is 5.24. The predicted molar refractivity (Wildman–Crippen MR) is 92.4 cm³/mol. The molecule has 5 heteroatoms. The summed E-state index contributed by atoms with van der Waals surface area (Å²) in [6, 6.07) is 0.340. The summed E-state index contributed by atoms with van der Waals surface area (Å²) in [6.45, 7) is 11.5. The molecule has 1 N–H and O–H groups in total. The fraction of sp³-hybridized carbons (Fsp3) is 0.812. The minimum absolute atomic E-state index is 0.340. The number of aryl methyl sites for hydroxylation is 1. The van der Waals surface area contributed by atoms with Crippen molar-refractivity contribution < 1.29 is 4.74 Å². The van der Waals surface area contributed by atoms with Crippen LogP contribution in [0.15, 0.2) is 0 Å². The molecule has 0 amide bonds. The number of aromatic nitrogens is 1. The van der Waals surface area contributed by atoms with Crippen molar-refractivity contribution in [3.8, 4) is 0 Å². The van der Waals surface area contributed by atoms with Gasteiger partial charge < -0.3 is 15.0 Å². The molecular weight excluding hydrogens is 282 g/mol. The molecule has 0 spiro atoms. The van der Waals surface area contributed by atoms with E-state index in [4.69, 9.17) is 9.72 Å². The molecule has 0 radical (unpaired) electrons. The zero-order valence-electron chi connectivity index (χ0n) is 14.4. The second kappa shape index (κ2) is 9.38. The van der Waals surface area contributed by atoms with Gasteiger partial charge in [0.1, 0.15) is 0 Å². The Kier molecular flexibility index (Phi) is 8.22. The summed E-state index contributed by atoms with van der Waals surface area (Å²) in [7, 11) is 3.85. The van der Waals surface area contributed by atoms with Crippen molar-refractivity contribution >= 4 is 16.5 Å². The molecule has 0 aliphatic rings. The standard InChI is InChI=1S/C16H31N3OS/c1-7-8-14-15(10-17-9-12(2)3)21-16(18-14)19(5)13(4)11-20-6/h12-13,17H,7-11H2,1-6H3. The van der Waals surface area contributed by atoms with Crippen molar-refractivity contribution in [2.75, 3.05) is 32.2 Å². The lowest BCUT2D eigenvalue weighted by Gasteiger charge is -2.23. The van der Waals surface area contributed by atoms with Crippen LogP contribution < -0.4 is 10.2 Å². The molecule has 122 valence electrons. The van der Waals surface area contributed by atoms with Crippen molar-refractivity contribution in [1.29, 1.82) is 0 Å². The van der Waals surface area contributed by atoms with Crippen molar-refractivity contribution in [2.45, 2.75) is 53.1 Å². The predicted octanol–water partition coefficient (Wildman–Crippen LogP) is 3.31. The fourth-order valence-corrected chi connectivity index (χ4v) is 3.25. The summed E-state index contributed by atoms with van der Waals surface area (Å²) in [5.74, 6) is 0.677. The van der Waals surface area contributed by atoms with Crippen LogP contribution in [0, 0.1) is 5.92 Å². The Bertz CT molecular complexity index is 406. The zero-order valence-corrected chi connectivity index (χ0v) is 15.2. The van der Waals surface area contributed by atoms with Gasteiger partial charge in [-0.3, -0.25) is 0 Å². The number of hydrogen-bond donors (Lipinski definition) is 1. The molecule has 0 saturated carbocycles. The SMILES string of the molecule is CCCc1nc(N(C)C(C)COC)sc1CNCC(C)C. The minimum Gasteiger partial charge on any atom is -0.383 e. The van der Waals surface area contributed by atoms with Gasteiger partial charge in [0.25, 0.3) is 0 Å². The molecule has 0 aliphatic carbocycles. The molecule has 0 aliphatic heterocycles. The average Bonchev–Trinajstić information content (AvgIpc) is 2.81. The first-order chi connectivity index (χ1) is 9.99. The third kappa shape index (κ3) is 5.93. The summed E-state index contributed by atoms with van der Waals surface area (Å²) < 4.78 is 5.24. The number of likely N-dealkylation sites (N-methyl/N-ethyl adjacent to an activating group) is 1. The molecule has 1 rings (SSSR count). The van der Waals surface area contributed by atoms with Crippen LogP contribution >= 0.6 is 11.3 Å². The first-order valence-electron chi connectivity index (χ1n) is 7.90. The van der Waals surface area contributed by atoms with Crippen LogP contribution in [0.5, 0.6) is 0 Å². The van der Waals surface area contributed by atoms with Gasteiger partial charge in [0.2, 0.25) is 0 Å². The van der Waals surface area contributed by atoms with Gasteiger partial charge in [-0.2, -0.15) is 0 Å². The van der Waals surface area contributed by atoms with Crippen LogP contribution in [0.1, 0.15) is 44.7 Å². The lowest BCUT2D eigenvalue weighted by atomic mass is 10.2. The Balaban J connectivity index is 2.77. The Morgan fingerprint density at radius 1 is 1.33 bits per heavy atom. The number of anilines is 1. The van der Waals surface area contributed by atoms with Crippen LogP contribution in [0.4, 0.5) is 5.13 Å². The van der Waals surface area contributed by atoms with E-state index < -0.39 is 0 Å². The first-order valence-corrected chi connectivity index (χ1v) is 8.72. The van der Waals surface area contributed by atoms with E-state index in [1.54, 1.807) is 7.11 Å². The Hall–Kier alpha value is -0.650. The summed E-state index contributed by atoms with van der Waals surface area (Å²) in [6.07, 6.45) is 2.19. The van der Waals surface area contributed by atoms with Crippen molar-refractivity contribution in [2.24, 2.45) is 5.92 Å². The van der Waals surface area contributed by atoms with Crippen molar-refractivity contribution in [3.63, 3.8) is 0 Å². The van der Waals surface area contributed by atoms with Crippen LogP contribution in [-0.4, -0.2) is 38.3 Å². The maximum absolute atomic E-state index is 5.24. The highest BCUT2D eigenvalue weighted by Gasteiger charge is 2.17. The molecule has 0 fully saturated rings. The molecule has 0 bridgehead atoms. The summed E-state index contributed by atoms with van der Waals surface area (Å²) >= 11 is 1.81. The number of methoxy groups -OCH3 is 1. The number of nitrogens with zero attached hydrogens (tertiary/aromatic N) is 2. The topological polar surface area (TPSA) is 37.4 Å². The molecule has 1 aromatic heterocycles. The molecule has 1 aromatic rings. The molecular formula is C16H31N3OS. The van der Waals surface area contributed by atoms with Gasteiger partial charge in [0.05, 0.1) is 18.3 Å². The molecule has 0 saturated heterocycles. The Morgan fingerprint density at radius 3 is 2.62 bits per heavy atom. The molecule has 0 aromatic carbocycles. The van der Waals surface area contributed by atoms with Gasteiger partial charge in [0, 0.05) is 25.6 Å². The number of nitrogens with one attached hydrogen (secondary N) is 1. The highest BCUT2D eigenvalue weighted by atomic mass is 32.1. The molecule has 1 atom stereocenters. The second-order valence-corrected chi connectivity index (χ2v) is 7.12. The van der Waals surface area contributed by atoms with Crippen molar-refractivity contribution in [1.82, 2.24) is 10.3 Å². The van der Waals surface area contributed by atoms with Crippen LogP contribution in [0.3, 0.4) is 0 Å². The number of thiazole rings is 1. The third-order valence-electron chi connectivity index (χ3n) is 3.46. The van der Waals surface area contributed by atoms with Gasteiger partial charge in [-0.25, -0.2) is 4.98 Å². The van der Waals surface area contributed by atoms with Gasteiger partial charge in [-0.15, -0.1) is 11.3 Å². The summed E-state index contributed by atoms with van der Waals surface area (Å²) in [4.78, 5) is 8.45. The van der Waals surface area contributed by atoms with E-state index in [0.29, 0.717) is 12.0 Å². The molecule has 1 unspecified atom stereocenters. The summed E-state index contributed by atoms with van der Waals surface area (Å²) in [5, 5.41) is 4.64. The lowest BCUT2D eigenvalue weighted by Crippen LogP contribution is -2.32. The quantitative estimate of drug-likeness (QED) is 0.719. The lowest BCUT2D eigenvalue weighted by molar-refractivity contribution is 0.183. The van der Waals surface area contributed by atoms with Crippen LogP contribution in [0.2, 0.25) is 0 Å². The highest BCUT2D eigenvalue weighted by Crippen LogP contribution is 2.27. The van der Waals surface area contributed by atoms with Gasteiger partial charge in [0.15, 0.2) is 5.13 Å². The van der Waals surface area contributed by atoms with Gasteiger partial charge >= 0.3 is 0 Å².